The fourth-order valence-corrected chi connectivity index (χ4v) is 3.21. The number of amides is 1. The molecule has 0 saturated carbocycles. The average molecular weight is 304 g/mol. The Morgan fingerprint density at radius 2 is 1.95 bits per heavy atom. The second kappa shape index (κ2) is 7.22. The molecule has 22 heavy (non-hydrogen) atoms. The smallest absolute Gasteiger partial charge is 0.248 e. The van der Waals surface area contributed by atoms with Gasteiger partial charge >= 0.3 is 0 Å². The summed E-state index contributed by atoms with van der Waals surface area (Å²) < 4.78 is 11.0. The van der Waals surface area contributed by atoms with Crippen molar-refractivity contribution in [2.24, 2.45) is 5.73 Å². The predicted molar refractivity (Wildman–Crippen MR) is 83.5 cm³/mol. The van der Waals surface area contributed by atoms with Crippen molar-refractivity contribution in [3.63, 3.8) is 0 Å². The van der Waals surface area contributed by atoms with Crippen molar-refractivity contribution in [3.05, 3.63) is 35.9 Å². The van der Waals surface area contributed by atoms with Crippen LogP contribution in [0.25, 0.3) is 0 Å². The van der Waals surface area contributed by atoms with Crippen LogP contribution in [0.5, 0.6) is 0 Å². The van der Waals surface area contributed by atoms with Gasteiger partial charge in [0.1, 0.15) is 6.61 Å². The summed E-state index contributed by atoms with van der Waals surface area (Å²) in [6.07, 6.45) is 1.90. The molecule has 5 heteroatoms. The van der Waals surface area contributed by atoms with Gasteiger partial charge in [-0.2, -0.15) is 0 Å². The molecule has 2 atom stereocenters. The Balaban J connectivity index is 1.51. The van der Waals surface area contributed by atoms with Crippen LogP contribution in [0, 0.1) is 0 Å². The zero-order valence-corrected chi connectivity index (χ0v) is 12.8. The lowest BCUT2D eigenvalue weighted by molar-refractivity contribution is -0.139. The van der Waals surface area contributed by atoms with E-state index < -0.39 is 0 Å². The van der Waals surface area contributed by atoms with E-state index in [9.17, 15) is 4.79 Å². The van der Waals surface area contributed by atoms with Crippen LogP contribution in [0.3, 0.4) is 0 Å². The highest BCUT2D eigenvalue weighted by Crippen LogP contribution is 2.26. The topological polar surface area (TPSA) is 64.8 Å². The third-order valence-electron chi connectivity index (χ3n) is 4.56. The lowest BCUT2D eigenvalue weighted by Crippen LogP contribution is -2.36. The van der Waals surface area contributed by atoms with Crippen LogP contribution in [-0.4, -0.2) is 55.9 Å². The summed E-state index contributed by atoms with van der Waals surface area (Å²) in [6.45, 7) is 2.89. The maximum Gasteiger partial charge on any atom is 0.248 e. The number of benzene rings is 1. The van der Waals surface area contributed by atoms with E-state index in [0.29, 0.717) is 13.1 Å². The van der Waals surface area contributed by atoms with Gasteiger partial charge in [0.15, 0.2) is 0 Å². The average Bonchev–Trinajstić information content (AvgIpc) is 2.96. The van der Waals surface area contributed by atoms with Gasteiger partial charge in [0.05, 0.1) is 6.10 Å². The molecule has 0 radical (unpaired) electrons. The van der Waals surface area contributed by atoms with Crippen LogP contribution in [-0.2, 0) is 14.3 Å². The highest BCUT2D eigenvalue weighted by Gasteiger charge is 2.34. The number of rotatable bonds is 4. The highest BCUT2D eigenvalue weighted by molar-refractivity contribution is 5.78. The third-order valence-corrected chi connectivity index (χ3v) is 4.56. The molecule has 3 rings (SSSR count). The Hall–Kier alpha value is -1.43. The fraction of sp³-hybridized carbons (Fsp3) is 0.588. The molecule has 1 aromatic carbocycles. The summed E-state index contributed by atoms with van der Waals surface area (Å²) in [6, 6.07) is 10.2. The summed E-state index contributed by atoms with van der Waals surface area (Å²) >= 11 is 0. The Morgan fingerprint density at radius 3 is 2.68 bits per heavy atom. The minimum Gasteiger partial charge on any atom is -0.381 e. The molecule has 1 aromatic rings. The number of hydrogen-bond acceptors (Lipinski definition) is 4. The number of nitrogens with two attached hydrogens (primary N) is 1. The predicted octanol–water partition coefficient (Wildman–Crippen LogP) is 1.14. The lowest BCUT2D eigenvalue weighted by atomic mass is 9.95. The Kier molecular flexibility index (Phi) is 5.08. The summed E-state index contributed by atoms with van der Waals surface area (Å²) in [5.74, 6) is 0.258. The minimum atomic E-state index is -0.00516. The van der Waals surface area contributed by atoms with E-state index in [1.54, 1.807) is 0 Å². The highest BCUT2D eigenvalue weighted by atomic mass is 16.5. The molecule has 0 bridgehead atoms. The normalized spacial score (nSPS) is 26.3. The molecule has 2 aliphatic rings. The van der Waals surface area contributed by atoms with Crippen molar-refractivity contribution in [2.75, 3.05) is 32.9 Å². The van der Waals surface area contributed by atoms with Crippen LogP contribution in [0.1, 0.15) is 24.3 Å². The van der Waals surface area contributed by atoms with Gasteiger partial charge in [0, 0.05) is 38.3 Å². The number of likely N-dealkylation sites (tertiary alicyclic amines) is 1. The molecule has 2 N–H and O–H groups in total. The van der Waals surface area contributed by atoms with Gasteiger partial charge < -0.3 is 20.1 Å². The monoisotopic (exact) mass is 304 g/mol. The van der Waals surface area contributed by atoms with Crippen molar-refractivity contribution < 1.29 is 14.3 Å². The van der Waals surface area contributed by atoms with E-state index in [-0.39, 0.29) is 30.6 Å². The number of carbonyl (C=O) groups excluding carboxylic acids is 1. The van der Waals surface area contributed by atoms with Gasteiger partial charge in [0.2, 0.25) is 5.91 Å². The van der Waals surface area contributed by atoms with Gasteiger partial charge in [-0.25, -0.2) is 0 Å². The van der Waals surface area contributed by atoms with E-state index in [0.717, 1.165) is 26.1 Å². The van der Waals surface area contributed by atoms with Gasteiger partial charge in [-0.1, -0.05) is 30.3 Å². The third kappa shape index (κ3) is 3.66. The summed E-state index contributed by atoms with van der Waals surface area (Å²) in [4.78, 5) is 14.2. The molecule has 0 aromatic heterocycles. The second-order valence-corrected chi connectivity index (χ2v) is 6.10. The number of ether oxygens (including phenoxy) is 2. The molecule has 120 valence electrons. The van der Waals surface area contributed by atoms with Crippen molar-refractivity contribution in [1.82, 2.24) is 4.90 Å². The molecule has 0 aliphatic carbocycles. The van der Waals surface area contributed by atoms with Crippen LogP contribution >= 0.6 is 0 Å². The van der Waals surface area contributed by atoms with Crippen LogP contribution in [0.2, 0.25) is 0 Å². The maximum atomic E-state index is 12.3. The molecule has 5 nitrogen and oxygen atoms in total. The van der Waals surface area contributed by atoms with Gasteiger partial charge in [0.25, 0.3) is 0 Å². The van der Waals surface area contributed by atoms with Crippen LogP contribution < -0.4 is 5.73 Å². The van der Waals surface area contributed by atoms with Crippen molar-refractivity contribution in [3.8, 4) is 0 Å². The van der Waals surface area contributed by atoms with Gasteiger partial charge in [-0.15, -0.1) is 0 Å². The molecule has 2 aliphatic heterocycles. The Labute approximate surface area is 131 Å². The molecular weight excluding hydrogens is 280 g/mol. The SMILES string of the molecule is N[C@@H]1CN(C(=O)COC2CCOCC2)C[C@H]1c1ccccc1. The minimum absolute atomic E-state index is 0.00516. The first-order valence-electron chi connectivity index (χ1n) is 8.01. The molecule has 2 fully saturated rings. The first-order valence-corrected chi connectivity index (χ1v) is 8.01. The largest absolute Gasteiger partial charge is 0.381 e. The molecule has 0 unspecified atom stereocenters. The molecule has 2 saturated heterocycles. The standard InChI is InChI=1S/C17H24N2O3/c18-16-11-19(10-15(16)13-4-2-1-3-5-13)17(20)12-22-14-6-8-21-9-7-14/h1-5,14-16H,6-12,18H2/t15-,16+/m0/s1. The zero-order valence-electron chi connectivity index (χ0n) is 12.8. The van der Waals surface area contributed by atoms with Crippen LogP contribution in [0.15, 0.2) is 30.3 Å². The molecule has 0 spiro atoms. The number of hydrogen-bond donors (Lipinski definition) is 1. The first-order chi connectivity index (χ1) is 10.7. The van der Waals surface area contributed by atoms with Gasteiger partial charge in [-0.05, 0) is 18.4 Å². The van der Waals surface area contributed by atoms with E-state index in [4.69, 9.17) is 15.2 Å². The molecule has 1 amide bonds. The van der Waals surface area contributed by atoms with Crippen molar-refractivity contribution >= 4 is 5.91 Å². The van der Waals surface area contributed by atoms with Gasteiger partial charge in [-0.3, -0.25) is 4.79 Å². The molecular formula is C17H24N2O3. The Morgan fingerprint density at radius 1 is 1.23 bits per heavy atom. The first kappa shape index (κ1) is 15.5. The lowest BCUT2D eigenvalue weighted by Gasteiger charge is -2.23. The second-order valence-electron chi connectivity index (χ2n) is 6.10. The Bertz CT molecular complexity index is 488. The molecule has 2 heterocycles. The quantitative estimate of drug-likeness (QED) is 0.906. The van der Waals surface area contributed by atoms with E-state index in [1.807, 2.05) is 23.1 Å². The zero-order chi connectivity index (χ0) is 15.4. The maximum absolute atomic E-state index is 12.3. The van der Waals surface area contributed by atoms with Crippen molar-refractivity contribution in [2.45, 2.75) is 30.9 Å². The van der Waals surface area contributed by atoms with Crippen LogP contribution in [0.4, 0.5) is 0 Å². The van der Waals surface area contributed by atoms with E-state index in [1.165, 1.54) is 5.56 Å². The number of carbonyl (C=O) groups is 1. The number of nitrogens with zero attached hydrogens (tertiary/aromatic N) is 1. The van der Waals surface area contributed by atoms with E-state index >= 15 is 0 Å². The summed E-state index contributed by atoms with van der Waals surface area (Å²) in [7, 11) is 0. The fourth-order valence-electron chi connectivity index (χ4n) is 3.21. The van der Waals surface area contributed by atoms with E-state index in [2.05, 4.69) is 12.1 Å². The summed E-state index contributed by atoms with van der Waals surface area (Å²) in [5.41, 5.74) is 7.43. The summed E-state index contributed by atoms with van der Waals surface area (Å²) in [5, 5.41) is 0. The van der Waals surface area contributed by atoms with Crippen molar-refractivity contribution in [1.29, 1.82) is 0 Å².